The molecule has 0 atom stereocenters. The molecule has 0 unspecified atom stereocenters. The molecule has 1 aliphatic rings. The molecule has 0 radical (unpaired) electrons. The van der Waals surface area contributed by atoms with Crippen LogP contribution < -0.4 is 19.7 Å². The predicted molar refractivity (Wildman–Crippen MR) is 89.4 cm³/mol. The smallest absolute Gasteiger partial charge is 0.239 e. The number of anilines is 1. The summed E-state index contributed by atoms with van der Waals surface area (Å²) in [5, 5.41) is 2.89. The maximum absolute atomic E-state index is 12.2. The van der Waals surface area contributed by atoms with E-state index in [1.54, 1.807) is 18.3 Å². The highest BCUT2D eigenvalue weighted by atomic mass is 16.7. The molecule has 25 heavy (non-hydrogen) atoms. The van der Waals surface area contributed by atoms with Crippen molar-refractivity contribution in [2.45, 2.75) is 6.54 Å². The number of amides is 1. The number of imidazole rings is 1. The van der Waals surface area contributed by atoms with E-state index in [9.17, 15) is 4.79 Å². The largest absolute Gasteiger partial charge is 0.454 e. The summed E-state index contributed by atoms with van der Waals surface area (Å²) in [6.45, 7) is 0.805. The zero-order valence-corrected chi connectivity index (χ0v) is 13.5. The van der Waals surface area contributed by atoms with E-state index >= 15 is 0 Å². The number of carbonyl (C=O) groups excluding carboxylic acids is 1. The lowest BCUT2D eigenvalue weighted by Crippen LogP contribution is -2.35. The fraction of sp³-hybridized carbons (Fsp3) is 0.250. The van der Waals surface area contributed by atoms with Gasteiger partial charge in [0.05, 0.1) is 12.9 Å². The number of nitrogens with zero attached hydrogens (tertiary/aromatic N) is 4. The maximum atomic E-state index is 12.2. The molecule has 0 bridgehead atoms. The van der Waals surface area contributed by atoms with Gasteiger partial charge in [0.25, 0.3) is 0 Å². The summed E-state index contributed by atoms with van der Waals surface area (Å²) < 4.78 is 10.6. The third-order valence-electron chi connectivity index (χ3n) is 3.87. The minimum Gasteiger partial charge on any atom is -0.454 e. The molecule has 2 aromatic heterocycles. The number of aromatic amines is 1. The molecule has 0 spiro atoms. The molecule has 0 saturated heterocycles. The first-order valence-electron chi connectivity index (χ1n) is 7.71. The van der Waals surface area contributed by atoms with Gasteiger partial charge in [0.2, 0.25) is 12.7 Å². The molecule has 4 rings (SSSR count). The standard InChI is InChI=1S/C16H16N6O3/c1-22(16-14-15(19-7-18-14)20-8-21-16)6-13(23)17-5-10-2-3-11-12(4-10)25-9-24-11/h2-4,7-8H,5-6,9H2,1H3,(H,17,23)(H,18,19,20,21). The Hall–Kier alpha value is -3.36. The van der Waals surface area contributed by atoms with Gasteiger partial charge in [-0.2, -0.15) is 0 Å². The first-order valence-corrected chi connectivity index (χ1v) is 7.71. The second kappa shape index (κ2) is 6.27. The molecule has 9 nitrogen and oxygen atoms in total. The third-order valence-corrected chi connectivity index (χ3v) is 3.87. The Morgan fingerprint density at radius 3 is 3.08 bits per heavy atom. The van der Waals surface area contributed by atoms with Crippen LogP contribution >= 0.6 is 0 Å². The van der Waals surface area contributed by atoms with Crippen molar-refractivity contribution in [3.63, 3.8) is 0 Å². The zero-order valence-electron chi connectivity index (χ0n) is 13.5. The van der Waals surface area contributed by atoms with Gasteiger partial charge in [-0.15, -0.1) is 0 Å². The van der Waals surface area contributed by atoms with E-state index in [0.717, 1.165) is 11.3 Å². The number of likely N-dealkylation sites (N-methyl/N-ethyl adjacent to an activating group) is 1. The molecule has 0 aliphatic carbocycles. The predicted octanol–water partition coefficient (Wildman–Crippen LogP) is 0.834. The summed E-state index contributed by atoms with van der Waals surface area (Å²) in [5.74, 6) is 1.93. The Morgan fingerprint density at radius 2 is 2.16 bits per heavy atom. The number of hydrogen-bond acceptors (Lipinski definition) is 7. The van der Waals surface area contributed by atoms with E-state index in [1.807, 2.05) is 18.2 Å². The van der Waals surface area contributed by atoms with Gasteiger partial charge >= 0.3 is 0 Å². The van der Waals surface area contributed by atoms with Crippen molar-refractivity contribution < 1.29 is 14.3 Å². The van der Waals surface area contributed by atoms with Gasteiger partial charge in [0.1, 0.15) is 11.8 Å². The van der Waals surface area contributed by atoms with Crippen molar-refractivity contribution in [3.8, 4) is 11.5 Å². The fourth-order valence-corrected chi connectivity index (χ4v) is 2.64. The Kier molecular flexibility index (Phi) is 3.81. The molecular formula is C16H16N6O3. The Morgan fingerprint density at radius 1 is 1.28 bits per heavy atom. The first-order chi connectivity index (χ1) is 12.2. The highest BCUT2D eigenvalue weighted by Crippen LogP contribution is 2.32. The summed E-state index contributed by atoms with van der Waals surface area (Å²) in [7, 11) is 1.79. The Labute approximate surface area is 143 Å². The number of ether oxygens (including phenoxy) is 2. The molecule has 2 N–H and O–H groups in total. The van der Waals surface area contributed by atoms with Crippen LogP contribution in [0.5, 0.6) is 11.5 Å². The van der Waals surface area contributed by atoms with Gasteiger partial charge < -0.3 is 24.7 Å². The lowest BCUT2D eigenvalue weighted by molar-refractivity contribution is -0.119. The van der Waals surface area contributed by atoms with Crippen molar-refractivity contribution in [2.75, 3.05) is 25.3 Å². The number of nitrogens with one attached hydrogen (secondary N) is 2. The minimum absolute atomic E-state index is 0.119. The van der Waals surface area contributed by atoms with Gasteiger partial charge in [0.15, 0.2) is 23.0 Å². The number of hydrogen-bond donors (Lipinski definition) is 2. The van der Waals surface area contributed by atoms with Gasteiger partial charge in [-0.1, -0.05) is 6.07 Å². The molecule has 3 heterocycles. The quantitative estimate of drug-likeness (QED) is 0.709. The van der Waals surface area contributed by atoms with E-state index in [1.165, 1.54) is 6.33 Å². The third kappa shape index (κ3) is 3.03. The van der Waals surface area contributed by atoms with Crippen LogP contribution in [0.1, 0.15) is 5.56 Å². The van der Waals surface area contributed by atoms with Crippen molar-refractivity contribution in [1.29, 1.82) is 0 Å². The molecule has 0 saturated carbocycles. The number of H-pyrrole nitrogens is 1. The fourth-order valence-electron chi connectivity index (χ4n) is 2.64. The van der Waals surface area contributed by atoms with Crippen LogP contribution in [0, 0.1) is 0 Å². The van der Waals surface area contributed by atoms with Crippen molar-refractivity contribution in [1.82, 2.24) is 25.3 Å². The molecule has 9 heteroatoms. The van der Waals surface area contributed by atoms with Gasteiger partial charge in [-0.05, 0) is 17.7 Å². The minimum atomic E-state index is -0.119. The topological polar surface area (TPSA) is 105 Å². The summed E-state index contributed by atoms with van der Waals surface area (Å²) >= 11 is 0. The van der Waals surface area contributed by atoms with Crippen LogP contribution in [-0.2, 0) is 11.3 Å². The van der Waals surface area contributed by atoms with E-state index < -0.39 is 0 Å². The monoisotopic (exact) mass is 340 g/mol. The lowest BCUT2D eigenvalue weighted by atomic mass is 10.2. The number of aromatic nitrogens is 4. The number of rotatable bonds is 5. The lowest BCUT2D eigenvalue weighted by Gasteiger charge is -2.17. The maximum Gasteiger partial charge on any atom is 0.239 e. The molecule has 3 aromatic rings. The van der Waals surface area contributed by atoms with E-state index in [4.69, 9.17) is 9.47 Å². The van der Waals surface area contributed by atoms with Crippen molar-refractivity contribution in [2.24, 2.45) is 0 Å². The Bertz CT molecular complexity index is 925. The van der Waals surface area contributed by atoms with Crippen LogP contribution in [0.25, 0.3) is 11.2 Å². The van der Waals surface area contributed by atoms with Gasteiger partial charge in [0, 0.05) is 13.6 Å². The second-order valence-electron chi connectivity index (χ2n) is 5.62. The van der Waals surface area contributed by atoms with E-state index in [-0.39, 0.29) is 19.2 Å². The van der Waals surface area contributed by atoms with Crippen molar-refractivity contribution >= 4 is 22.9 Å². The highest BCUT2D eigenvalue weighted by Gasteiger charge is 2.15. The highest BCUT2D eigenvalue weighted by molar-refractivity contribution is 5.86. The normalized spacial score (nSPS) is 12.4. The van der Waals surface area contributed by atoms with Crippen LogP contribution in [-0.4, -0.2) is 46.2 Å². The van der Waals surface area contributed by atoms with Crippen LogP contribution in [0.2, 0.25) is 0 Å². The van der Waals surface area contributed by atoms with Crippen LogP contribution in [0.3, 0.4) is 0 Å². The Balaban J connectivity index is 1.38. The van der Waals surface area contributed by atoms with E-state index in [0.29, 0.717) is 29.3 Å². The molecule has 1 aliphatic heterocycles. The average Bonchev–Trinajstić information content (AvgIpc) is 3.27. The van der Waals surface area contributed by atoms with Crippen molar-refractivity contribution in [3.05, 3.63) is 36.4 Å². The molecular weight excluding hydrogens is 324 g/mol. The number of fused-ring (bicyclic) bond motifs is 2. The summed E-state index contributed by atoms with van der Waals surface area (Å²) in [5.41, 5.74) is 2.21. The number of carbonyl (C=O) groups is 1. The van der Waals surface area contributed by atoms with E-state index in [2.05, 4.69) is 25.3 Å². The SMILES string of the molecule is CN(CC(=O)NCc1ccc2c(c1)OCO2)c1ncnc2nc[nH]c12. The van der Waals surface area contributed by atoms with Gasteiger partial charge in [-0.25, -0.2) is 15.0 Å². The average molecular weight is 340 g/mol. The summed E-state index contributed by atoms with van der Waals surface area (Å²) in [4.78, 5) is 29.3. The summed E-state index contributed by atoms with van der Waals surface area (Å²) in [6, 6.07) is 5.60. The summed E-state index contributed by atoms with van der Waals surface area (Å²) in [6.07, 6.45) is 2.98. The molecule has 1 amide bonds. The first kappa shape index (κ1) is 15.2. The molecule has 0 fully saturated rings. The van der Waals surface area contributed by atoms with Crippen LogP contribution in [0.4, 0.5) is 5.82 Å². The molecule has 128 valence electrons. The molecule has 1 aromatic carbocycles. The second-order valence-corrected chi connectivity index (χ2v) is 5.62. The van der Waals surface area contributed by atoms with Crippen LogP contribution in [0.15, 0.2) is 30.9 Å². The zero-order chi connectivity index (χ0) is 17.2. The van der Waals surface area contributed by atoms with Gasteiger partial charge in [-0.3, -0.25) is 4.79 Å². The number of benzene rings is 1.